The summed E-state index contributed by atoms with van der Waals surface area (Å²) in [6.45, 7) is 3.56. The van der Waals surface area contributed by atoms with Crippen LogP contribution >= 0.6 is 0 Å². The van der Waals surface area contributed by atoms with Crippen molar-refractivity contribution in [2.75, 3.05) is 10.6 Å². The Balaban J connectivity index is 1.70. The lowest BCUT2D eigenvalue weighted by Gasteiger charge is -2.08. The molecule has 1 aliphatic rings. The Bertz CT molecular complexity index is 729. The van der Waals surface area contributed by atoms with E-state index in [1.807, 2.05) is 6.07 Å². The third-order valence-corrected chi connectivity index (χ3v) is 3.62. The highest BCUT2D eigenvalue weighted by Crippen LogP contribution is 2.30. The Labute approximate surface area is 128 Å². The largest absolute Gasteiger partial charge is 0.466 e. The average Bonchev–Trinajstić information content (AvgIpc) is 3.24. The molecule has 1 saturated carbocycles. The van der Waals surface area contributed by atoms with Gasteiger partial charge in [0.2, 0.25) is 5.91 Å². The molecule has 2 aromatic rings. The summed E-state index contributed by atoms with van der Waals surface area (Å²) in [4.78, 5) is 24.0. The summed E-state index contributed by atoms with van der Waals surface area (Å²) in [7, 11) is 0. The van der Waals surface area contributed by atoms with E-state index in [-0.39, 0.29) is 17.7 Å². The van der Waals surface area contributed by atoms with Crippen LogP contribution in [0.5, 0.6) is 0 Å². The first-order chi connectivity index (χ1) is 10.5. The smallest absolute Gasteiger partial charge is 0.259 e. The quantitative estimate of drug-likeness (QED) is 0.907. The van der Waals surface area contributed by atoms with Crippen molar-refractivity contribution in [2.45, 2.75) is 26.7 Å². The van der Waals surface area contributed by atoms with Crippen molar-refractivity contribution in [1.82, 2.24) is 0 Å². The second-order valence-electron chi connectivity index (χ2n) is 5.63. The highest BCUT2D eigenvalue weighted by Gasteiger charge is 2.29. The third-order valence-electron chi connectivity index (χ3n) is 3.62. The molecule has 1 aliphatic carbocycles. The van der Waals surface area contributed by atoms with Gasteiger partial charge in [-0.2, -0.15) is 0 Å². The van der Waals surface area contributed by atoms with Crippen LogP contribution in [-0.4, -0.2) is 11.8 Å². The molecule has 1 heterocycles. The van der Waals surface area contributed by atoms with E-state index in [9.17, 15) is 9.59 Å². The van der Waals surface area contributed by atoms with Gasteiger partial charge in [-0.25, -0.2) is 0 Å². The minimum atomic E-state index is -0.222. The van der Waals surface area contributed by atoms with E-state index in [2.05, 4.69) is 10.6 Å². The molecule has 1 aromatic heterocycles. The molecule has 0 saturated heterocycles. The van der Waals surface area contributed by atoms with Crippen molar-refractivity contribution in [3.05, 3.63) is 47.4 Å². The summed E-state index contributed by atoms with van der Waals surface area (Å²) in [5.41, 5.74) is 1.84. The molecule has 2 N–H and O–H groups in total. The Morgan fingerprint density at radius 1 is 1.09 bits per heavy atom. The molecule has 1 aromatic carbocycles. The van der Waals surface area contributed by atoms with E-state index >= 15 is 0 Å². The van der Waals surface area contributed by atoms with Gasteiger partial charge < -0.3 is 15.1 Å². The van der Waals surface area contributed by atoms with Crippen molar-refractivity contribution < 1.29 is 14.0 Å². The summed E-state index contributed by atoms with van der Waals surface area (Å²) in [6, 6.07) is 8.85. The van der Waals surface area contributed by atoms with Gasteiger partial charge in [-0.05, 0) is 51.0 Å². The van der Waals surface area contributed by atoms with Crippen molar-refractivity contribution in [1.29, 1.82) is 0 Å². The lowest BCUT2D eigenvalue weighted by molar-refractivity contribution is -0.117. The number of hydrogen-bond acceptors (Lipinski definition) is 3. The van der Waals surface area contributed by atoms with E-state index in [4.69, 9.17) is 4.42 Å². The number of rotatable bonds is 4. The average molecular weight is 298 g/mol. The van der Waals surface area contributed by atoms with E-state index < -0.39 is 0 Å². The molecule has 2 amide bonds. The molecule has 114 valence electrons. The maximum atomic E-state index is 12.2. The predicted octanol–water partition coefficient (Wildman–Crippen LogP) is 3.50. The number of nitrogens with one attached hydrogen (secondary N) is 2. The van der Waals surface area contributed by atoms with Crippen LogP contribution in [0.2, 0.25) is 0 Å². The summed E-state index contributed by atoms with van der Waals surface area (Å²) in [5, 5.41) is 5.68. The SMILES string of the molecule is Cc1cc(C(=O)Nc2cccc(NC(=O)C3CC3)c2)c(C)o1. The van der Waals surface area contributed by atoms with Crippen molar-refractivity contribution in [3.8, 4) is 0 Å². The lowest BCUT2D eigenvalue weighted by atomic mass is 10.2. The fraction of sp³-hybridized carbons (Fsp3) is 0.294. The summed E-state index contributed by atoms with van der Waals surface area (Å²) in [5.74, 6) is 1.26. The molecular weight excluding hydrogens is 280 g/mol. The van der Waals surface area contributed by atoms with Crippen LogP contribution in [0, 0.1) is 19.8 Å². The molecule has 0 spiro atoms. The third kappa shape index (κ3) is 3.19. The van der Waals surface area contributed by atoms with Crippen LogP contribution in [-0.2, 0) is 4.79 Å². The van der Waals surface area contributed by atoms with Crippen LogP contribution in [0.3, 0.4) is 0 Å². The van der Waals surface area contributed by atoms with Crippen molar-refractivity contribution in [2.24, 2.45) is 5.92 Å². The van der Waals surface area contributed by atoms with Gasteiger partial charge in [0, 0.05) is 17.3 Å². The van der Waals surface area contributed by atoms with Gasteiger partial charge in [-0.15, -0.1) is 0 Å². The maximum Gasteiger partial charge on any atom is 0.259 e. The molecule has 3 rings (SSSR count). The number of aryl methyl sites for hydroxylation is 2. The van der Waals surface area contributed by atoms with Gasteiger partial charge in [-0.3, -0.25) is 9.59 Å². The minimum Gasteiger partial charge on any atom is -0.466 e. The van der Waals surface area contributed by atoms with Gasteiger partial charge in [-0.1, -0.05) is 6.07 Å². The molecule has 22 heavy (non-hydrogen) atoms. The zero-order chi connectivity index (χ0) is 15.7. The number of benzene rings is 1. The molecule has 5 nitrogen and oxygen atoms in total. The Kier molecular flexibility index (Phi) is 3.71. The maximum absolute atomic E-state index is 12.2. The number of hydrogen-bond donors (Lipinski definition) is 2. The van der Waals surface area contributed by atoms with Gasteiger partial charge in [0.1, 0.15) is 11.5 Å². The summed E-state index contributed by atoms with van der Waals surface area (Å²) < 4.78 is 5.37. The van der Waals surface area contributed by atoms with Crippen LogP contribution in [0.4, 0.5) is 11.4 Å². The monoisotopic (exact) mass is 298 g/mol. The highest BCUT2D eigenvalue weighted by atomic mass is 16.3. The topological polar surface area (TPSA) is 71.3 Å². The van der Waals surface area contributed by atoms with Gasteiger partial charge >= 0.3 is 0 Å². The zero-order valence-electron chi connectivity index (χ0n) is 12.6. The first-order valence-electron chi connectivity index (χ1n) is 7.32. The second kappa shape index (κ2) is 5.67. The highest BCUT2D eigenvalue weighted by molar-refractivity contribution is 6.05. The summed E-state index contributed by atoms with van der Waals surface area (Å²) in [6.07, 6.45) is 1.92. The number of carbonyl (C=O) groups is 2. The standard InChI is InChI=1S/C17H18N2O3/c1-10-8-15(11(2)22-10)17(21)19-14-5-3-4-13(9-14)18-16(20)12-6-7-12/h3-5,8-9,12H,6-7H2,1-2H3,(H,18,20)(H,19,21). The normalized spacial score (nSPS) is 13.7. The van der Waals surface area contributed by atoms with Gasteiger partial charge in [0.05, 0.1) is 5.56 Å². The number of furan rings is 1. The van der Waals surface area contributed by atoms with Crippen molar-refractivity contribution in [3.63, 3.8) is 0 Å². The van der Waals surface area contributed by atoms with Gasteiger partial charge in [0.25, 0.3) is 5.91 Å². The molecule has 0 atom stereocenters. The molecule has 1 fully saturated rings. The van der Waals surface area contributed by atoms with E-state index in [1.165, 1.54) is 0 Å². The lowest BCUT2D eigenvalue weighted by Crippen LogP contribution is -2.14. The molecular formula is C17H18N2O3. The second-order valence-corrected chi connectivity index (χ2v) is 5.63. The fourth-order valence-corrected chi connectivity index (χ4v) is 2.32. The van der Waals surface area contributed by atoms with E-state index in [1.54, 1.807) is 38.1 Å². The predicted molar refractivity (Wildman–Crippen MR) is 83.9 cm³/mol. The van der Waals surface area contributed by atoms with Crippen LogP contribution in [0.15, 0.2) is 34.7 Å². The number of anilines is 2. The fourth-order valence-electron chi connectivity index (χ4n) is 2.32. The van der Waals surface area contributed by atoms with Crippen LogP contribution in [0.1, 0.15) is 34.7 Å². The van der Waals surface area contributed by atoms with E-state index in [0.717, 1.165) is 12.8 Å². The first-order valence-corrected chi connectivity index (χ1v) is 7.32. The minimum absolute atomic E-state index is 0.0461. The Hall–Kier alpha value is -2.56. The Morgan fingerprint density at radius 3 is 2.36 bits per heavy atom. The first kappa shape index (κ1) is 14.4. The van der Waals surface area contributed by atoms with Crippen LogP contribution < -0.4 is 10.6 Å². The van der Waals surface area contributed by atoms with Crippen molar-refractivity contribution >= 4 is 23.2 Å². The van der Waals surface area contributed by atoms with E-state index in [0.29, 0.717) is 28.5 Å². The molecule has 0 radical (unpaired) electrons. The summed E-state index contributed by atoms with van der Waals surface area (Å²) >= 11 is 0. The number of carbonyl (C=O) groups excluding carboxylic acids is 2. The molecule has 0 aliphatic heterocycles. The Morgan fingerprint density at radius 2 is 1.77 bits per heavy atom. The number of amides is 2. The van der Waals surface area contributed by atoms with Gasteiger partial charge in [0.15, 0.2) is 0 Å². The molecule has 0 unspecified atom stereocenters. The molecule has 5 heteroatoms. The van der Waals surface area contributed by atoms with Crippen LogP contribution in [0.25, 0.3) is 0 Å². The molecule has 0 bridgehead atoms. The zero-order valence-corrected chi connectivity index (χ0v) is 12.6.